The van der Waals surface area contributed by atoms with Crippen LogP contribution in [0.2, 0.25) is 0 Å². The predicted molar refractivity (Wildman–Crippen MR) is 112 cm³/mol. The third-order valence-corrected chi connectivity index (χ3v) is 5.16. The van der Waals surface area contributed by atoms with Crippen molar-refractivity contribution in [3.8, 4) is 11.5 Å². The van der Waals surface area contributed by atoms with Crippen molar-refractivity contribution in [2.45, 2.75) is 5.54 Å². The summed E-state index contributed by atoms with van der Waals surface area (Å²) in [5.41, 5.74) is 0.181. The van der Waals surface area contributed by atoms with Gasteiger partial charge in [-0.1, -0.05) is 60.7 Å². The Morgan fingerprint density at radius 3 is 1.87 bits per heavy atom. The van der Waals surface area contributed by atoms with E-state index in [1.807, 2.05) is 60.7 Å². The molecule has 3 aromatic rings. The first-order chi connectivity index (χ1) is 14.6. The highest BCUT2D eigenvalue weighted by Crippen LogP contribution is 2.35. The molecule has 6 heteroatoms. The monoisotopic (exact) mass is 402 g/mol. The molecule has 1 heterocycles. The van der Waals surface area contributed by atoms with Gasteiger partial charge in [0, 0.05) is 0 Å². The Balaban J connectivity index is 1.56. The quantitative estimate of drug-likeness (QED) is 0.614. The number of carbonyl (C=O) groups excluding carboxylic acids is 2. The number of ether oxygens (including phenoxy) is 2. The highest BCUT2D eigenvalue weighted by Gasteiger charge is 2.53. The molecule has 0 radical (unpaired) electrons. The van der Waals surface area contributed by atoms with Crippen molar-refractivity contribution in [2.75, 3.05) is 20.3 Å². The number of benzene rings is 3. The van der Waals surface area contributed by atoms with Crippen molar-refractivity contribution in [1.29, 1.82) is 0 Å². The number of amides is 3. The minimum atomic E-state index is -1.25. The lowest BCUT2D eigenvalue weighted by atomic mass is 9.82. The van der Waals surface area contributed by atoms with Crippen LogP contribution in [0.1, 0.15) is 11.1 Å². The van der Waals surface area contributed by atoms with Crippen LogP contribution in [0.5, 0.6) is 11.5 Å². The summed E-state index contributed by atoms with van der Waals surface area (Å²) in [6.45, 7) is 0.323. The second kappa shape index (κ2) is 8.29. The van der Waals surface area contributed by atoms with Crippen LogP contribution >= 0.6 is 0 Å². The van der Waals surface area contributed by atoms with Gasteiger partial charge in [-0.3, -0.25) is 9.69 Å². The molecular formula is C24H22N2O4. The van der Waals surface area contributed by atoms with Crippen molar-refractivity contribution in [3.63, 3.8) is 0 Å². The maximum Gasteiger partial charge on any atom is 0.325 e. The fourth-order valence-electron chi connectivity index (χ4n) is 3.64. The van der Waals surface area contributed by atoms with E-state index < -0.39 is 11.6 Å². The molecule has 4 rings (SSSR count). The summed E-state index contributed by atoms with van der Waals surface area (Å²) in [6.07, 6.45) is 0. The molecule has 1 fully saturated rings. The number of nitrogens with one attached hydrogen (secondary N) is 1. The molecule has 6 nitrogen and oxygen atoms in total. The summed E-state index contributed by atoms with van der Waals surface area (Å²) >= 11 is 0. The highest BCUT2D eigenvalue weighted by atomic mass is 16.5. The van der Waals surface area contributed by atoms with E-state index in [0.29, 0.717) is 16.9 Å². The van der Waals surface area contributed by atoms with Gasteiger partial charge in [0.25, 0.3) is 5.91 Å². The molecular weight excluding hydrogens is 380 g/mol. The number of rotatable bonds is 7. The summed E-state index contributed by atoms with van der Waals surface area (Å²) in [7, 11) is 1.60. The van der Waals surface area contributed by atoms with Gasteiger partial charge in [0.05, 0.1) is 13.7 Å². The second-order valence-corrected chi connectivity index (χ2v) is 6.89. The fourth-order valence-corrected chi connectivity index (χ4v) is 3.64. The Kier molecular flexibility index (Phi) is 5.39. The average Bonchev–Trinajstić information content (AvgIpc) is 3.06. The standard InChI is InChI=1S/C24H22N2O4/c1-29-20-12-14-21(15-13-20)30-17-16-26-22(27)24(25-23(26)28,18-8-4-2-5-9-18)19-10-6-3-7-11-19/h2-15H,16-17H2,1H3,(H,25,28). The van der Waals surface area contributed by atoms with Gasteiger partial charge in [-0.05, 0) is 35.4 Å². The molecule has 0 unspecified atom stereocenters. The second-order valence-electron chi connectivity index (χ2n) is 6.89. The van der Waals surface area contributed by atoms with Crippen molar-refractivity contribution in [2.24, 2.45) is 0 Å². The number of carbonyl (C=O) groups is 2. The molecule has 0 aliphatic carbocycles. The molecule has 3 amide bonds. The van der Waals surface area contributed by atoms with E-state index in [1.54, 1.807) is 31.4 Å². The Bertz CT molecular complexity index is 981. The molecule has 1 N–H and O–H groups in total. The number of imide groups is 1. The molecule has 0 bridgehead atoms. The molecule has 0 aromatic heterocycles. The third kappa shape index (κ3) is 3.48. The summed E-state index contributed by atoms with van der Waals surface area (Å²) in [5, 5.41) is 2.93. The zero-order valence-corrected chi connectivity index (χ0v) is 16.6. The van der Waals surface area contributed by atoms with E-state index in [-0.39, 0.29) is 19.1 Å². The number of nitrogens with zero attached hydrogens (tertiary/aromatic N) is 1. The van der Waals surface area contributed by atoms with Gasteiger partial charge in [0.1, 0.15) is 18.1 Å². The highest BCUT2D eigenvalue weighted by molar-refractivity contribution is 6.09. The maximum atomic E-state index is 13.5. The van der Waals surface area contributed by atoms with Crippen molar-refractivity contribution < 1.29 is 19.1 Å². The van der Waals surface area contributed by atoms with Crippen molar-refractivity contribution in [1.82, 2.24) is 10.2 Å². The lowest BCUT2D eigenvalue weighted by Gasteiger charge is -2.28. The molecule has 0 spiro atoms. The molecule has 152 valence electrons. The van der Waals surface area contributed by atoms with Crippen LogP contribution in [0.4, 0.5) is 4.79 Å². The summed E-state index contributed by atoms with van der Waals surface area (Å²) < 4.78 is 10.8. The van der Waals surface area contributed by atoms with Crippen molar-refractivity contribution >= 4 is 11.9 Å². The average molecular weight is 402 g/mol. The van der Waals surface area contributed by atoms with E-state index in [2.05, 4.69) is 5.32 Å². The van der Waals surface area contributed by atoms with Gasteiger partial charge in [-0.15, -0.1) is 0 Å². The van der Waals surface area contributed by atoms with Crippen LogP contribution in [-0.2, 0) is 10.3 Å². The van der Waals surface area contributed by atoms with E-state index in [4.69, 9.17) is 9.47 Å². The van der Waals surface area contributed by atoms with Crippen LogP contribution in [0.3, 0.4) is 0 Å². The number of hydrogen-bond donors (Lipinski definition) is 1. The minimum Gasteiger partial charge on any atom is -0.497 e. The van der Waals surface area contributed by atoms with Crippen LogP contribution in [0.25, 0.3) is 0 Å². The zero-order valence-electron chi connectivity index (χ0n) is 16.6. The van der Waals surface area contributed by atoms with Crippen LogP contribution < -0.4 is 14.8 Å². The van der Waals surface area contributed by atoms with Gasteiger partial charge in [0.15, 0.2) is 5.54 Å². The lowest BCUT2D eigenvalue weighted by Crippen LogP contribution is -2.45. The van der Waals surface area contributed by atoms with Crippen LogP contribution in [-0.4, -0.2) is 37.1 Å². The normalized spacial score (nSPS) is 15.0. The number of hydrogen-bond acceptors (Lipinski definition) is 4. The summed E-state index contributed by atoms with van der Waals surface area (Å²) in [4.78, 5) is 27.5. The molecule has 0 saturated carbocycles. The summed E-state index contributed by atoms with van der Waals surface area (Å²) in [5.74, 6) is 1.05. The summed E-state index contributed by atoms with van der Waals surface area (Å²) in [6, 6.07) is 25.3. The molecule has 3 aromatic carbocycles. The predicted octanol–water partition coefficient (Wildman–Crippen LogP) is 3.57. The van der Waals surface area contributed by atoms with Crippen LogP contribution in [0, 0.1) is 0 Å². The van der Waals surface area contributed by atoms with Gasteiger partial charge in [-0.2, -0.15) is 0 Å². The molecule has 30 heavy (non-hydrogen) atoms. The first-order valence-electron chi connectivity index (χ1n) is 9.67. The Hall–Kier alpha value is -3.80. The Labute approximate surface area is 175 Å². The van der Waals surface area contributed by atoms with Gasteiger partial charge in [-0.25, -0.2) is 4.79 Å². The van der Waals surface area contributed by atoms with E-state index >= 15 is 0 Å². The van der Waals surface area contributed by atoms with Crippen molar-refractivity contribution in [3.05, 3.63) is 96.1 Å². The number of methoxy groups -OCH3 is 1. The minimum absolute atomic E-state index is 0.137. The molecule has 0 atom stereocenters. The largest absolute Gasteiger partial charge is 0.497 e. The van der Waals surface area contributed by atoms with Gasteiger partial charge in [0.2, 0.25) is 0 Å². The van der Waals surface area contributed by atoms with E-state index in [1.165, 1.54) is 4.90 Å². The third-order valence-electron chi connectivity index (χ3n) is 5.16. The topological polar surface area (TPSA) is 67.9 Å². The number of urea groups is 1. The van der Waals surface area contributed by atoms with Gasteiger partial charge >= 0.3 is 6.03 Å². The van der Waals surface area contributed by atoms with Gasteiger partial charge < -0.3 is 14.8 Å². The fraction of sp³-hybridized carbons (Fsp3) is 0.167. The Morgan fingerprint density at radius 2 is 1.33 bits per heavy atom. The molecule has 1 aliphatic heterocycles. The SMILES string of the molecule is COc1ccc(OCCN2C(=O)NC(c3ccccc3)(c3ccccc3)C2=O)cc1. The van der Waals surface area contributed by atoms with E-state index in [9.17, 15) is 9.59 Å². The first-order valence-corrected chi connectivity index (χ1v) is 9.67. The van der Waals surface area contributed by atoms with Crippen LogP contribution in [0.15, 0.2) is 84.9 Å². The smallest absolute Gasteiger partial charge is 0.325 e. The van der Waals surface area contributed by atoms with E-state index in [0.717, 1.165) is 5.75 Å². The molecule has 1 saturated heterocycles. The maximum absolute atomic E-state index is 13.5. The Morgan fingerprint density at radius 1 is 0.800 bits per heavy atom. The first kappa shape index (κ1) is 19.5. The zero-order chi connectivity index (χ0) is 21.0. The molecule has 1 aliphatic rings. The lowest BCUT2D eigenvalue weighted by molar-refractivity contribution is -0.130.